The molecule has 1 aliphatic heterocycles. The molecule has 1 saturated heterocycles. The molecule has 1 heterocycles. The minimum atomic E-state index is -0.470. The fourth-order valence-electron chi connectivity index (χ4n) is 1.87. The van der Waals surface area contributed by atoms with Crippen LogP contribution in [0.2, 0.25) is 0 Å². The van der Waals surface area contributed by atoms with Crippen LogP contribution in [0.5, 0.6) is 5.75 Å². The Morgan fingerprint density at radius 1 is 1.56 bits per heavy atom. The van der Waals surface area contributed by atoms with Crippen molar-refractivity contribution in [3.05, 3.63) is 29.6 Å². The molecule has 1 amide bonds. The Bertz CT molecular complexity index is 422. The lowest BCUT2D eigenvalue weighted by Crippen LogP contribution is -2.29. The van der Waals surface area contributed by atoms with Crippen LogP contribution in [-0.2, 0) is 4.79 Å². The highest BCUT2D eigenvalue weighted by atomic mass is 19.1. The summed E-state index contributed by atoms with van der Waals surface area (Å²) in [5.41, 5.74) is 6.14. The first-order valence-electron chi connectivity index (χ1n) is 5.00. The predicted octanol–water partition coefficient (Wildman–Crippen LogP) is 0.723. The van der Waals surface area contributed by atoms with Crippen LogP contribution in [0.1, 0.15) is 18.0 Å². The number of carbonyl (C=O) groups is 1. The van der Waals surface area contributed by atoms with Crippen LogP contribution in [0, 0.1) is 5.82 Å². The summed E-state index contributed by atoms with van der Waals surface area (Å²) in [5.74, 6) is 0.00733. The summed E-state index contributed by atoms with van der Waals surface area (Å²) >= 11 is 0. The second-order valence-electron chi connectivity index (χ2n) is 3.80. The molecule has 1 aromatic rings. The van der Waals surface area contributed by atoms with Gasteiger partial charge in [0.1, 0.15) is 11.6 Å². The zero-order valence-corrected chi connectivity index (χ0v) is 8.87. The standard InChI is InChI=1S/C11H13FN2O2/c1-16-6-2-3-8(12)7(4-6)11-9(13)5-10(15)14-11/h2-4,9,11H,5,13H2,1H3,(H,14,15). The van der Waals surface area contributed by atoms with Crippen molar-refractivity contribution in [1.29, 1.82) is 0 Å². The van der Waals surface area contributed by atoms with Crippen molar-refractivity contribution in [1.82, 2.24) is 5.32 Å². The van der Waals surface area contributed by atoms with Gasteiger partial charge >= 0.3 is 0 Å². The topological polar surface area (TPSA) is 64.3 Å². The maximum absolute atomic E-state index is 13.6. The van der Waals surface area contributed by atoms with Crippen molar-refractivity contribution >= 4 is 5.91 Å². The van der Waals surface area contributed by atoms with Crippen LogP contribution < -0.4 is 15.8 Å². The van der Waals surface area contributed by atoms with E-state index in [4.69, 9.17) is 10.5 Å². The van der Waals surface area contributed by atoms with Crippen molar-refractivity contribution in [2.75, 3.05) is 7.11 Å². The number of rotatable bonds is 2. The van der Waals surface area contributed by atoms with Crippen molar-refractivity contribution in [2.45, 2.75) is 18.5 Å². The van der Waals surface area contributed by atoms with Crippen LogP contribution in [0.4, 0.5) is 4.39 Å². The van der Waals surface area contributed by atoms with Gasteiger partial charge in [0.15, 0.2) is 0 Å². The quantitative estimate of drug-likeness (QED) is 0.778. The Morgan fingerprint density at radius 2 is 2.31 bits per heavy atom. The molecule has 5 heteroatoms. The number of carbonyl (C=O) groups excluding carboxylic acids is 1. The van der Waals surface area contributed by atoms with Gasteiger partial charge in [0.2, 0.25) is 5.91 Å². The minimum absolute atomic E-state index is 0.153. The van der Waals surface area contributed by atoms with E-state index in [0.717, 1.165) is 0 Å². The average Bonchev–Trinajstić information content (AvgIpc) is 2.58. The molecule has 0 saturated carbocycles. The van der Waals surface area contributed by atoms with Gasteiger partial charge in [-0.15, -0.1) is 0 Å². The van der Waals surface area contributed by atoms with E-state index in [0.29, 0.717) is 11.3 Å². The highest BCUT2D eigenvalue weighted by Crippen LogP contribution is 2.28. The third-order valence-corrected chi connectivity index (χ3v) is 2.70. The smallest absolute Gasteiger partial charge is 0.222 e. The second kappa shape index (κ2) is 4.09. The summed E-state index contributed by atoms with van der Waals surface area (Å²) in [6.45, 7) is 0. The molecule has 2 rings (SSSR count). The highest BCUT2D eigenvalue weighted by Gasteiger charge is 2.32. The maximum Gasteiger partial charge on any atom is 0.222 e. The highest BCUT2D eigenvalue weighted by molar-refractivity contribution is 5.80. The molecule has 0 radical (unpaired) electrons. The average molecular weight is 224 g/mol. The molecule has 0 aromatic heterocycles. The number of nitrogens with one attached hydrogen (secondary N) is 1. The van der Waals surface area contributed by atoms with Crippen LogP contribution in [0.15, 0.2) is 18.2 Å². The molecule has 4 nitrogen and oxygen atoms in total. The summed E-state index contributed by atoms with van der Waals surface area (Å²) in [5, 5.41) is 2.65. The predicted molar refractivity (Wildman–Crippen MR) is 56.4 cm³/mol. The van der Waals surface area contributed by atoms with Gasteiger partial charge in [-0.1, -0.05) is 0 Å². The largest absolute Gasteiger partial charge is 0.497 e. The van der Waals surface area contributed by atoms with Gasteiger partial charge in [0.05, 0.1) is 13.2 Å². The molecule has 2 unspecified atom stereocenters. The molecular formula is C11H13FN2O2. The molecule has 0 bridgehead atoms. The van der Waals surface area contributed by atoms with E-state index < -0.39 is 12.1 Å². The Hall–Kier alpha value is -1.62. The Kier molecular flexibility index (Phi) is 2.78. The summed E-state index contributed by atoms with van der Waals surface area (Å²) in [7, 11) is 1.50. The van der Waals surface area contributed by atoms with E-state index in [1.54, 1.807) is 6.07 Å². The van der Waals surface area contributed by atoms with Crippen molar-refractivity contribution in [3.63, 3.8) is 0 Å². The minimum Gasteiger partial charge on any atom is -0.497 e. The first-order chi connectivity index (χ1) is 7.61. The fourth-order valence-corrected chi connectivity index (χ4v) is 1.87. The van der Waals surface area contributed by atoms with Crippen LogP contribution >= 0.6 is 0 Å². The number of nitrogens with two attached hydrogens (primary N) is 1. The van der Waals surface area contributed by atoms with Gasteiger partial charge in [-0.05, 0) is 18.2 Å². The maximum atomic E-state index is 13.6. The van der Waals surface area contributed by atoms with Crippen molar-refractivity contribution in [3.8, 4) is 5.75 Å². The van der Waals surface area contributed by atoms with Gasteiger partial charge < -0.3 is 15.8 Å². The van der Waals surface area contributed by atoms with Crippen molar-refractivity contribution in [2.24, 2.45) is 5.73 Å². The lowest BCUT2D eigenvalue weighted by Gasteiger charge is -2.16. The Balaban J connectivity index is 2.35. The molecule has 3 N–H and O–H groups in total. The number of methoxy groups -OCH3 is 1. The van der Waals surface area contributed by atoms with E-state index in [1.807, 2.05) is 0 Å². The third-order valence-electron chi connectivity index (χ3n) is 2.70. The SMILES string of the molecule is COc1ccc(F)c(C2NC(=O)CC2N)c1. The molecular weight excluding hydrogens is 211 g/mol. The monoisotopic (exact) mass is 224 g/mol. The van der Waals surface area contributed by atoms with Gasteiger partial charge in [-0.2, -0.15) is 0 Å². The van der Waals surface area contributed by atoms with Crippen LogP contribution in [0.3, 0.4) is 0 Å². The molecule has 1 aromatic carbocycles. The summed E-state index contributed by atoms with van der Waals surface area (Å²) in [4.78, 5) is 11.2. The second-order valence-corrected chi connectivity index (χ2v) is 3.80. The molecule has 16 heavy (non-hydrogen) atoms. The van der Waals surface area contributed by atoms with Crippen molar-refractivity contribution < 1.29 is 13.9 Å². The summed E-state index contributed by atoms with van der Waals surface area (Å²) in [6.07, 6.45) is 0.224. The molecule has 0 spiro atoms. The Morgan fingerprint density at radius 3 is 2.88 bits per heavy atom. The Labute approximate surface area is 92.6 Å². The number of ether oxygens (including phenoxy) is 1. The zero-order chi connectivity index (χ0) is 11.7. The molecule has 2 atom stereocenters. The molecule has 0 aliphatic carbocycles. The van der Waals surface area contributed by atoms with Gasteiger partial charge in [-0.3, -0.25) is 4.79 Å². The molecule has 86 valence electrons. The lowest BCUT2D eigenvalue weighted by atomic mass is 10.0. The third kappa shape index (κ3) is 1.86. The van der Waals surface area contributed by atoms with E-state index in [9.17, 15) is 9.18 Å². The first-order valence-corrected chi connectivity index (χ1v) is 5.00. The summed E-state index contributed by atoms with van der Waals surface area (Å²) < 4.78 is 18.6. The number of halogens is 1. The van der Waals surface area contributed by atoms with Crippen LogP contribution in [0.25, 0.3) is 0 Å². The normalized spacial score (nSPS) is 24.3. The molecule has 1 fully saturated rings. The number of hydrogen-bond acceptors (Lipinski definition) is 3. The molecule has 1 aliphatic rings. The van der Waals surface area contributed by atoms with E-state index in [1.165, 1.54) is 19.2 Å². The fraction of sp³-hybridized carbons (Fsp3) is 0.364. The van der Waals surface area contributed by atoms with Gasteiger partial charge in [0.25, 0.3) is 0 Å². The number of amides is 1. The van der Waals surface area contributed by atoms with E-state index >= 15 is 0 Å². The summed E-state index contributed by atoms with van der Waals surface area (Å²) in [6, 6.07) is 3.54. The number of benzene rings is 1. The van der Waals surface area contributed by atoms with Crippen LogP contribution in [-0.4, -0.2) is 19.1 Å². The first kappa shape index (κ1) is 10.9. The van der Waals surface area contributed by atoms with Gasteiger partial charge in [0, 0.05) is 18.0 Å². The number of hydrogen-bond donors (Lipinski definition) is 2. The zero-order valence-electron chi connectivity index (χ0n) is 8.87. The van der Waals surface area contributed by atoms with E-state index in [-0.39, 0.29) is 18.1 Å². The van der Waals surface area contributed by atoms with Gasteiger partial charge in [-0.25, -0.2) is 4.39 Å². The lowest BCUT2D eigenvalue weighted by molar-refractivity contribution is -0.119. The van der Waals surface area contributed by atoms with E-state index in [2.05, 4.69) is 5.32 Å².